The molecule has 1 atom stereocenters. The van der Waals surface area contributed by atoms with E-state index < -0.39 is 16.1 Å². The van der Waals surface area contributed by atoms with Gasteiger partial charge in [-0.25, -0.2) is 8.42 Å². The van der Waals surface area contributed by atoms with Gasteiger partial charge >= 0.3 is 0 Å². The lowest BCUT2D eigenvalue weighted by Gasteiger charge is -2.34. The number of benzene rings is 1. The molecule has 0 bridgehead atoms. The monoisotopic (exact) mass is 461 g/mol. The minimum atomic E-state index is -3.77. The van der Waals surface area contributed by atoms with E-state index in [9.17, 15) is 18.0 Å². The van der Waals surface area contributed by atoms with Crippen LogP contribution in [0, 0.1) is 6.92 Å². The lowest BCUT2D eigenvalue weighted by atomic mass is 10.1. The number of sulfonamides is 1. The summed E-state index contributed by atoms with van der Waals surface area (Å²) in [5.74, 6) is -0.0613. The molecule has 3 heterocycles. The smallest absolute Gasteiger partial charge is 0.265 e. The molecular formula is C21H23N3O5S2. The minimum absolute atomic E-state index is 0.131. The number of carbonyl (C=O) groups is 2. The van der Waals surface area contributed by atoms with Gasteiger partial charge in [0.15, 0.2) is 6.10 Å². The number of hydrogen-bond acceptors (Lipinski definition) is 6. The molecule has 0 radical (unpaired) electrons. The van der Waals surface area contributed by atoms with Gasteiger partial charge in [-0.05, 0) is 43.0 Å². The zero-order chi connectivity index (χ0) is 22.2. The fourth-order valence-electron chi connectivity index (χ4n) is 3.55. The average Bonchev–Trinajstić information content (AvgIpc) is 3.26. The Morgan fingerprint density at radius 2 is 2.00 bits per heavy atom. The number of aryl methyl sites for hydroxylation is 1. The van der Waals surface area contributed by atoms with E-state index in [-0.39, 0.29) is 29.8 Å². The van der Waals surface area contributed by atoms with Gasteiger partial charge in [0.25, 0.3) is 5.91 Å². The molecule has 0 saturated carbocycles. The van der Waals surface area contributed by atoms with Crippen LogP contribution < -0.4 is 10.1 Å². The number of piperazine rings is 1. The molecule has 0 unspecified atom stereocenters. The maximum atomic E-state index is 13.3. The lowest BCUT2D eigenvalue weighted by molar-refractivity contribution is -0.127. The van der Waals surface area contributed by atoms with Gasteiger partial charge in [-0.2, -0.15) is 4.31 Å². The highest BCUT2D eigenvalue weighted by atomic mass is 32.2. The third-order valence-corrected chi connectivity index (χ3v) is 8.19. The van der Waals surface area contributed by atoms with Crippen molar-refractivity contribution in [2.24, 2.45) is 0 Å². The number of anilines is 1. The molecule has 2 aromatic rings. The van der Waals surface area contributed by atoms with Crippen LogP contribution in [-0.4, -0.2) is 61.7 Å². The van der Waals surface area contributed by atoms with Crippen LogP contribution in [0.1, 0.15) is 17.4 Å². The maximum absolute atomic E-state index is 13.3. The fraction of sp³-hybridized carbons (Fsp3) is 0.333. The molecule has 8 nitrogen and oxygen atoms in total. The van der Waals surface area contributed by atoms with Gasteiger partial charge in [-0.15, -0.1) is 11.3 Å². The quantitative estimate of drug-likeness (QED) is 0.705. The number of fused-ring (bicyclic) bond motifs is 1. The van der Waals surface area contributed by atoms with E-state index >= 15 is 0 Å². The van der Waals surface area contributed by atoms with E-state index in [1.807, 2.05) is 17.5 Å². The SMILES string of the molecule is Cc1cc2c(cc1S(=O)(=O)N1CCN(C(=O)/C=C/c3cccs3)CC1)O[C@H](C)C(=O)N2. The highest BCUT2D eigenvalue weighted by molar-refractivity contribution is 7.89. The van der Waals surface area contributed by atoms with Crippen LogP contribution in [0.2, 0.25) is 0 Å². The Morgan fingerprint density at radius 1 is 1.26 bits per heavy atom. The number of nitrogens with one attached hydrogen (secondary N) is 1. The first-order valence-corrected chi connectivity index (χ1v) is 12.2. The molecule has 1 fully saturated rings. The summed E-state index contributed by atoms with van der Waals surface area (Å²) >= 11 is 1.55. The van der Waals surface area contributed by atoms with Crippen molar-refractivity contribution in [3.05, 3.63) is 46.2 Å². The highest BCUT2D eigenvalue weighted by Gasteiger charge is 2.33. The molecule has 1 aromatic carbocycles. The average molecular weight is 462 g/mol. The first-order valence-electron chi connectivity index (χ1n) is 9.88. The molecule has 4 rings (SSSR count). The van der Waals surface area contributed by atoms with Gasteiger partial charge in [-0.1, -0.05) is 6.07 Å². The molecule has 10 heteroatoms. The maximum Gasteiger partial charge on any atom is 0.265 e. The zero-order valence-corrected chi connectivity index (χ0v) is 18.8. The predicted molar refractivity (Wildman–Crippen MR) is 119 cm³/mol. The van der Waals surface area contributed by atoms with Crippen molar-refractivity contribution in [2.75, 3.05) is 31.5 Å². The summed E-state index contributed by atoms with van der Waals surface area (Å²) in [6.45, 7) is 4.36. The third kappa shape index (κ3) is 4.36. The summed E-state index contributed by atoms with van der Waals surface area (Å²) in [6, 6.07) is 6.93. The van der Waals surface area contributed by atoms with Crippen molar-refractivity contribution in [3.8, 4) is 5.75 Å². The van der Waals surface area contributed by atoms with E-state index in [1.54, 1.807) is 42.2 Å². The number of ether oxygens (including phenoxy) is 1. The van der Waals surface area contributed by atoms with E-state index in [4.69, 9.17) is 4.74 Å². The Labute approximate surface area is 185 Å². The molecule has 0 aliphatic carbocycles. The molecule has 1 saturated heterocycles. The largest absolute Gasteiger partial charge is 0.479 e. The highest BCUT2D eigenvalue weighted by Crippen LogP contribution is 2.35. The fourth-order valence-corrected chi connectivity index (χ4v) is 5.82. The van der Waals surface area contributed by atoms with Gasteiger partial charge in [0.05, 0.1) is 10.6 Å². The van der Waals surface area contributed by atoms with Crippen molar-refractivity contribution in [1.29, 1.82) is 0 Å². The van der Waals surface area contributed by atoms with Crippen LogP contribution in [0.5, 0.6) is 5.75 Å². The third-order valence-electron chi connectivity index (χ3n) is 5.31. The minimum Gasteiger partial charge on any atom is -0.479 e. The number of nitrogens with zero attached hydrogens (tertiary/aromatic N) is 2. The number of carbonyl (C=O) groups excluding carboxylic acids is 2. The molecule has 0 spiro atoms. The molecule has 31 heavy (non-hydrogen) atoms. The van der Waals surface area contributed by atoms with Gasteiger partial charge in [0, 0.05) is 43.2 Å². The summed E-state index contributed by atoms with van der Waals surface area (Å²) in [5.41, 5.74) is 0.988. The van der Waals surface area contributed by atoms with Crippen LogP contribution in [0.25, 0.3) is 6.08 Å². The van der Waals surface area contributed by atoms with E-state index in [0.29, 0.717) is 30.1 Å². The summed E-state index contributed by atoms with van der Waals surface area (Å²) in [5, 5.41) is 4.67. The van der Waals surface area contributed by atoms with Gasteiger partial charge in [-0.3, -0.25) is 9.59 Å². The van der Waals surface area contributed by atoms with Crippen molar-refractivity contribution in [2.45, 2.75) is 24.8 Å². The summed E-state index contributed by atoms with van der Waals surface area (Å²) < 4.78 is 33.5. The van der Waals surface area contributed by atoms with Crippen molar-refractivity contribution in [1.82, 2.24) is 9.21 Å². The Hall–Kier alpha value is -2.69. The lowest BCUT2D eigenvalue weighted by Crippen LogP contribution is -2.50. The topological polar surface area (TPSA) is 96.0 Å². The van der Waals surface area contributed by atoms with Crippen molar-refractivity contribution in [3.63, 3.8) is 0 Å². The van der Waals surface area contributed by atoms with Gasteiger partial charge in [0.1, 0.15) is 5.75 Å². The second-order valence-corrected chi connectivity index (χ2v) is 10.3. The molecule has 1 N–H and O–H groups in total. The van der Waals surface area contributed by atoms with Crippen LogP contribution in [0.4, 0.5) is 5.69 Å². The molecular weight excluding hydrogens is 438 g/mol. The normalized spacial score (nSPS) is 19.7. The van der Waals surface area contributed by atoms with Crippen LogP contribution in [0.15, 0.2) is 40.6 Å². The van der Waals surface area contributed by atoms with Crippen LogP contribution in [-0.2, 0) is 19.6 Å². The van der Waals surface area contributed by atoms with E-state index in [0.717, 1.165) is 4.88 Å². The summed E-state index contributed by atoms with van der Waals surface area (Å²) in [7, 11) is -3.77. The number of hydrogen-bond donors (Lipinski definition) is 1. The first kappa shape index (κ1) is 21.5. The van der Waals surface area contributed by atoms with Crippen LogP contribution in [0.3, 0.4) is 0 Å². The van der Waals surface area contributed by atoms with Crippen LogP contribution >= 0.6 is 11.3 Å². The molecule has 2 aliphatic heterocycles. The van der Waals surface area contributed by atoms with Crippen molar-refractivity contribution < 1.29 is 22.7 Å². The Bertz CT molecular complexity index is 1130. The molecule has 1 aromatic heterocycles. The standard InChI is InChI=1S/C21H23N3O5S2/c1-14-12-17-18(29-15(2)21(26)22-17)13-19(14)31(27,28)24-9-7-23(8-10-24)20(25)6-5-16-4-3-11-30-16/h3-6,11-13,15H,7-10H2,1-2H3,(H,22,26)/b6-5+/t15-/m1/s1. The van der Waals surface area contributed by atoms with Crippen molar-refractivity contribution >= 4 is 44.9 Å². The van der Waals surface area contributed by atoms with Gasteiger partial charge < -0.3 is 15.0 Å². The number of thiophene rings is 1. The second-order valence-electron chi connectivity index (χ2n) is 7.44. The van der Waals surface area contributed by atoms with Gasteiger partial charge in [0.2, 0.25) is 15.9 Å². The molecule has 164 valence electrons. The summed E-state index contributed by atoms with van der Waals surface area (Å²) in [6.07, 6.45) is 2.60. The Balaban J connectivity index is 1.46. The number of amides is 2. The summed E-state index contributed by atoms with van der Waals surface area (Å²) in [4.78, 5) is 27.0. The number of rotatable bonds is 4. The van der Waals surface area contributed by atoms with E-state index in [2.05, 4.69) is 5.32 Å². The van der Waals surface area contributed by atoms with E-state index in [1.165, 1.54) is 16.4 Å². The predicted octanol–water partition coefficient (Wildman–Crippen LogP) is 2.32. The second kappa shape index (κ2) is 8.45. The first-order chi connectivity index (χ1) is 14.8. The molecule has 2 amide bonds. The molecule has 2 aliphatic rings. The zero-order valence-electron chi connectivity index (χ0n) is 17.2. The Morgan fingerprint density at radius 3 is 2.68 bits per heavy atom. The Kier molecular flexibility index (Phi) is 5.87.